The van der Waals surface area contributed by atoms with Crippen molar-refractivity contribution >= 4 is 5.71 Å². The molecule has 0 amide bonds. The number of aliphatic imine (C=N–C) groups is 1. The molecule has 1 rings (SSSR count). The molecule has 0 aromatic carbocycles. The van der Waals surface area contributed by atoms with Crippen LogP contribution in [0.1, 0.15) is 20.8 Å². The molecule has 1 heterocycles. The molecule has 1 aliphatic heterocycles. The summed E-state index contributed by atoms with van der Waals surface area (Å²) >= 11 is 0. The van der Waals surface area contributed by atoms with E-state index in [2.05, 4.69) is 31.0 Å². The highest BCUT2D eigenvalue weighted by Gasteiger charge is 1.99. The van der Waals surface area contributed by atoms with Crippen LogP contribution in [0.25, 0.3) is 0 Å². The van der Waals surface area contributed by atoms with Crippen LogP contribution in [0, 0.1) is 5.92 Å². The first-order valence-corrected chi connectivity index (χ1v) is 3.60. The predicted molar refractivity (Wildman–Crippen MR) is 45.2 cm³/mol. The van der Waals surface area contributed by atoms with Crippen LogP contribution < -0.4 is 0 Å². The Morgan fingerprint density at radius 1 is 1.40 bits per heavy atom. The van der Waals surface area contributed by atoms with E-state index in [0.717, 1.165) is 5.71 Å². The average Bonchev–Trinajstić information content (AvgIpc) is 1.96. The van der Waals surface area contributed by atoms with Crippen molar-refractivity contribution in [2.24, 2.45) is 10.9 Å². The standard InChI is InChI=1S/C9H13N/c1-7-4-5-10-9(3)8(2)6-7/h4-7H,1-3H3. The molecule has 0 aromatic rings. The van der Waals surface area contributed by atoms with Crippen molar-refractivity contribution in [3.05, 3.63) is 23.9 Å². The molecule has 0 radical (unpaired) electrons. The second-order valence-electron chi connectivity index (χ2n) is 2.76. The lowest BCUT2D eigenvalue weighted by Gasteiger charge is -1.98. The number of allylic oxidation sites excluding steroid dienone is 3. The van der Waals surface area contributed by atoms with E-state index in [9.17, 15) is 0 Å². The van der Waals surface area contributed by atoms with Gasteiger partial charge >= 0.3 is 0 Å². The Labute approximate surface area is 62.2 Å². The lowest BCUT2D eigenvalue weighted by molar-refractivity contribution is 0.933. The highest BCUT2D eigenvalue weighted by atomic mass is 14.7. The van der Waals surface area contributed by atoms with Gasteiger partial charge in [-0.25, -0.2) is 0 Å². The van der Waals surface area contributed by atoms with Gasteiger partial charge < -0.3 is 0 Å². The van der Waals surface area contributed by atoms with Crippen LogP contribution in [-0.2, 0) is 0 Å². The van der Waals surface area contributed by atoms with Gasteiger partial charge in [-0.2, -0.15) is 0 Å². The van der Waals surface area contributed by atoms with E-state index in [-0.39, 0.29) is 0 Å². The number of hydrogen-bond acceptors (Lipinski definition) is 1. The summed E-state index contributed by atoms with van der Waals surface area (Å²) in [5.41, 5.74) is 2.41. The third-order valence-electron chi connectivity index (χ3n) is 1.74. The largest absolute Gasteiger partial charge is 0.262 e. The SMILES string of the molecule is CC1=CC(C)C=CN=C1C. The van der Waals surface area contributed by atoms with Crippen LogP contribution in [0.15, 0.2) is 28.9 Å². The third-order valence-corrected chi connectivity index (χ3v) is 1.74. The van der Waals surface area contributed by atoms with Gasteiger partial charge in [0.05, 0.1) is 0 Å². The second-order valence-corrected chi connectivity index (χ2v) is 2.76. The summed E-state index contributed by atoms with van der Waals surface area (Å²) in [6.45, 7) is 6.30. The fourth-order valence-electron chi connectivity index (χ4n) is 0.963. The number of nitrogens with zero attached hydrogens (tertiary/aromatic N) is 1. The smallest absolute Gasteiger partial charge is 0.0398 e. The van der Waals surface area contributed by atoms with Gasteiger partial charge in [0.25, 0.3) is 0 Å². The van der Waals surface area contributed by atoms with Gasteiger partial charge in [0.1, 0.15) is 0 Å². The Hall–Kier alpha value is -0.850. The fourth-order valence-corrected chi connectivity index (χ4v) is 0.963. The van der Waals surface area contributed by atoms with Gasteiger partial charge in [0, 0.05) is 11.9 Å². The van der Waals surface area contributed by atoms with Gasteiger partial charge in [-0.05, 0) is 25.3 Å². The molecule has 1 aliphatic rings. The molecule has 0 bridgehead atoms. The van der Waals surface area contributed by atoms with Crippen molar-refractivity contribution in [3.63, 3.8) is 0 Å². The zero-order valence-electron chi connectivity index (χ0n) is 6.76. The average molecular weight is 135 g/mol. The predicted octanol–water partition coefficient (Wildman–Crippen LogP) is 2.56. The number of hydrogen-bond donors (Lipinski definition) is 0. The highest BCUT2D eigenvalue weighted by Crippen LogP contribution is 2.09. The lowest BCUT2D eigenvalue weighted by Crippen LogP contribution is -1.92. The third kappa shape index (κ3) is 1.56. The minimum Gasteiger partial charge on any atom is -0.262 e. The molecule has 1 nitrogen and oxygen atoms in total. The zero-order valence-corrected chi connectivity index (χ0v) is 6.76. The van der Waals surface area contributed by atoms with Crippen LogP contribution >= 0.6 is 0 Å². The highest BCUT2D eigenvalue weighted by molar-refractivity contribution is 5.98. The molecule has 0 N–H and O–H groups in total. The van der Waals surface area contributed by atoms with Crippen LogP contribution in [0.2, 0.25) is 0 Å². The maximum atomic E-state index is 4.22. The van der Waals surface area contributed by atoms with Crippen LogP contribution in [0.3, 0.4) is 0 Å². The second kappa shape index (κ2) is 2.82. The Kier molecular flexibility index (Phi) is 2.05. The van der Waals surface area contributed by atoms with Crippen LogP contribution in [0.4, 0.5) is 0 Å². The first-order chi connectivity index (χ1) is 4.70. The van der Waals surface area contributed by atoms with Gasteiger partial charge in [0.15, 0.2) is 0 Å². The molecule has 0 aromatic heterocycles. The first-order valence-electron chi connectivity index (χ1n) is 3.60. The van der Waals surface area contributed by atoms with E-state index in [1.165, 1.54) is 5.57 Å². The molecular weight excluding hydrogens is 122 g/mol. The molecule has 0 saturated carbocycles. The summed E-state index contributed by atoms with van der Waals surface area (Å²) in [5, 5.41) is 0. The van der Waals surface area contributed by atoms with Crippen molar-refractivity contribution in [3.8, 4) is 0 Å². The summed E-state index contributed by atoms with van der Waals surface area (Å²) in [6.07, 6.45) is 6.20. The van der Waals surface area contributed by atoms with E-state index in [1.807, 2.05) is 13.1 Å². The topological polar surface area (TPSA) is 12.4 Å². The van der Waals surface area contributed by atoms with Crippen molar-refractivity contribution in [1.29, 1.82) is 0 Å². The first kappa shape index (κ1) is 7.26. The monoisotopic (exact) mass is 135 g/mol. The summed E-state index contributed by atoms with van der Waals surface area (Å²) in [6, 6.07) is 0. The molecule has 1 unspecified atom stereocenters. The Balaban J connectivity index is 2.90. The lowest BCUT2D eigenvalue weighted by atomic mass is 10.1. The molecule has 0 spiro atoms. The van der Waals surface area contributed by atoms with Crippen LogP contribution in [-0.4, -0.2) is 5.71 Å². The van der Waals surface area contributed by atoms with Crippen molar-refractivity contribution in [2.45, 2.75) is 20.8 Å². The fraction of sp³-hybridized carbons (Fsp3) is 0.444. The maximum Gasteiger partial charge on any atom is 0.0398 e. The number of rotatable bonds is 0. The molecular formula is C9H13N. The van der Waals surface area contributed by atoms with Crippen LogP contribution in [0.5, 0.6) is 0 Å². The molecule has 0 fully saturated rings. The molecule has 1 atom stereocenters. The normalized spacial score (nSPS) is 25.3. The summed E-state index contributed by atoms with van der Waals surface area (Å²) in [5.74, 6) is 0.529. The van der Waals surface area contributed by atoms with Gasteiger partial charge in [-0.3, -0.25) is 4.99 Å². The quantitative estimate of drug-likeness (QED) is 0.484. The van der Waals surface area contributed by atoms with E-state index >= 15 is 0 Å². The summed E-state index contributed by atoms with van der Waals surface area (Å²) in [7, 11) is 0. The zero-order chi connectivity index (χ0) is 7.56. The van der Waals surface area contributed by atoms with Crippen molar-refractivity contribution < 1.29 is 0 Å². The molecule has 1 heteroatoms. The molecule has 10 heavy (non-hydrogen) atoms. The maximum absolute atomic E-state index is 4.22. The van der Waals surface area contributed by atoms with E-state index in [1.54, 1.807) is 0 Å². The molecule has 0 saturated heterocycles. The van der Waals surface area contributed by atoms with Crippen molar-refractivity contribution in [2.75, 3.05) is 0 Å². The minimum absolute atomic E-state index is 0.529. The minimum atomic E-state index is 0.529. The summed E-state index contributed by atoms with van der Waals surface area (Å²) < 4.78 is 0. The van der Waals surface area contributed by atoms with Gasteiger partial charge in [-0.15, -0.1) is 0 Å². The van der Waals surface area contributed by atoms with E-state index in [4.69, 9.17) is 0 Å². The van der Waals surface area contributed by atoms with Gasteiger partial charge in [0.2, 0.25) is 0 Å². The molecule has 54 valence electrons. The van der Waals surface area contributed by atoms with E-state index in [0.29, 0.717) is 5.92 Å². The van der Waals surface area contributed by atoms with Crippen molar-refractivity contribution in [1.82, 2.24) is 0 Å². The molecule has 0 aliphatic carbocycles. The summed E-state index contributed by atoms with van der Waals surface area (Å²) in [4.78, 5) is 4.22. The van der Waals surface area contributed by atoms with Gasteiger partial charge in [-0.1, -0.05) is 19.1 Å². The Morgan fingerprint density at radius 3 is 2.80 bits per heavy atom. The Morgan fingerprint density at radius 2 is 2.10 bits per heavy atom. The van der Waals surface area contributed by atoms with E-state index < -0.39 is 0 Å². The Bertz CT molecular complexity index is 209.